The number of amides is 1. The topological polar surface area (TPSA) is 147 Å². The first-order valence-corrected chi connectivity index (χ1v) is 4.92. The van der Waals surface area contributed by atoms with Crippen LogP contribution in [0.15, 0.2) is 0 Å². The van der Waals surface area contributed by atoms with Crippen LogP contribution in [0.25, 0.3) is 0 Å². The average Bonchev–Trinajstić information content (AvgIpc) is 1.94. The summed E-state index contributed by atoms with van der Waals surface area (Å²) in [6, 6.07) is -1.42. The minimum atomic E-state index is -4.56. The van der Waals surface area contributed by atoms with Crippen LogP contribution >= 0.6 is 0 Å². The molecule has 0 saturated carbocycles. The van der Waals surface area contributed by atoms with Crippen molar-refractivity contribution < 1.29 is 27.7 Å². The van der Waals surface area contributed by atoms with Crippen molar-refractivity contribution in [3.63, 3.8) is 0 Å². The zero-order valence-electron chi connectivity index (χ0n) is 7.00. The van der Waals surface area contributed by atoms with Gasteiger partial charge in [0.25, 0.3) is 0 Å². The van der Waals surface area contributed by atoms with Crippen LogP contribution in [0.1, 0.15) is 12.8 Å². The Balaban J connectivity index is 4.32. The number of primary amides is 1. The van der Waals surface area contributed by atoms with Gasteiger partial charge in [-0.3, -0.25) is 14.1 Å². The number of carboxylic acids is 1. The van der Waals surface area contributed by atoms with Crippen LogP contribution in [0.5, 0.6) is 0 Å². The predicted molar refractivity (Wildman–Crippen MR) is 44.5 cm³/mol. The highest BCUT2D eigenvalue weighted by Crippen LogP contribution is 1.98. The highest BCUT2D eigenvalue weighted by atomic mass is 32.2. The fraction of sp³-hybridized carbons (Fsp3) is 0.600. The second-order valence-electron chi connectivity index (χ2n) is 2.48. The number of carboxylic acid groups (broad SMARTS) is 1. The number of nitrogens with two attached hydrogens (primary N) is 1. The summed E-state index contributed by atoms with van der Waals surface area (Å²) >= 11 is 0. The summed E-state index contributed by atoms with van der Waals surface area (Å²) in [5, 5.41) is 8.25. The Hall–Kier alpha value is -1.19. The van der Waals surface area contributed by atoms with Crippen molar-refractivity contribution in [1.29, 1.82) is 0 Å². The van der Waals surface area contributed by atoms with E-state index in [0.29, 0.717) is 0 Å². The number of aliphatic carboxylic acids is 1. The first kappa shape index (κ1) is 12.8. The molecule has 1 unspecified atom stereocenters. The largest absolute Gasteiger partial charge is 0.481 e. The van der Waals surface area contributed by atoms with Gasteiger partial charge in [-0.15, -0.1) is 0 Å². The Bertz CT molecular complexity index is 323. The number of carbonyl (C=O) groups is 2. The molecule has 0 spiro atoms. The van der Waals surface area contributed by atoms with Crippen LogP contribution in [-0.4, -0.2) is 36.0 Å². The maximum absolute atomic E-state index is 10.6. The molecule has 0 radical (unpaired) electrons. The van der Waals surface area contributed by atoms with E-state index < -0.39 is 34.6 Å². The van der Waals surface area contributed by atoms with E-state index >= 15 is 0 Å². The minimum absolute atomic E-state index is 0.315. The number of hydrogen-bond acceptors (Lipinski definition) is 4. The van der Waals surface area contributed by atoms with Gasteiger partial charge in [0.1, 0.15) is 6.04 Å². The van der Waals surface area contributed by atoms with E-state index in [4.69, 9.17) is 15.4 Å². The standard InChI is InChI=1S/C5H10N2O6S/c6-5(10)3(1-2-4(8)9)7-14(11,12)13/h3,7H,1-2H2,(H2,6,10)(H,8,9)(H,11,12,13). The van der Waals surface area contributed by atoms with Gasteiger partial charge < -0.3 is 10.8 Å². The summed E-state index contributed by atoms with van der Waals surface area (Å²) < 4.78 is 30.4. The Labute approximate surface area is 80.0 Å². The molecule has 0 rings (SSSR count). The zero-order valence-corrected chi connectivity index (χ0v) is 7.82. The van der Waals surface area contributed by atoms with Gasteiger partial charge in [0.05, 0.1) is 0 Å². The van der Waals surface area contributed by atoms with Crippen LogP contribution in [0.4, 0.5) is 0 Å². The van der Waals surface area contributed by atoms with Gasteiger partial charge in [0.15, 0.2) is 0 Å². The van der Waals surface area contributed by atoms with Gasteiger partial charge in [-0.1, -0.05) is 0 Å². The molecule has 1 amide bonds. The number of carbonyl (C=O) groups excluding carboxylic acids is 1. The molecule has 0 fully saturated rings. The van der Waals surface area contributed by atoms with Gasteiger partial charge in [-0.05, 0) is 6.42 Å². The van der Waals surface area contributed by atoms with E-state index in [9.17, 15) is 18.0 Å². The molecule has 0 aliphatic heterocycles. The minimum Gasteiger partial charge on any atom is -0.481 e. The van der Waals surface area contributed by atoms with Crippen molar-refractivity contribution in [2.45, 2.75) is 18.9 Å². The van der Waals surface area contributed by atoms with E-state index in [1.807, 2.05) is 0 Å². The molecule has 8 nitrogen and oxygen atoms in total. The fourth-order valence-corrected chi connectivity index (χ4v) is 1.30. The molecule has 9 heteroatoms. The van der Waals surface area contributed by atoms with Crippen LogP contribution < -0.4 is 10.5 Å². The van der Waals surface area contributed by atoms with Crippen molar-refractivity contribution in [2.24, 2.45) is 5.73 Å². The van der Waals surface area contributed by atoms with Crippen LogP contribution in [-0.2, 0) is 19.9 Å². The molecule has 0 saturated heterocycles. The second-order valence-corrected chi connectivity index (χ2v) is 3.67. The molecule has 5 N–H and O–H groups in total. The molecule has 0 aromatic heterocycles. The normalized spacial score (nSPS) is 13.5. The first-order valence-electron chi connectivity index (χ1n) is 3.48. The number of hydrogen-bond donors (Lipinski definition) is 4. The van der Waals surface area contributed by atoms with Crippen molar-refractivity contribution >= 4 is 22.2 Å². The summed E-state index contributed by atoms with van der Waals surface area (Å²) in [7, 11) is -4.56. The molecule has 0 aromatic rings. The van der Waals surface area contributed by atoms with Crippen molar-refractivity contribution in [2.75, 3.05) is 0 Å². The molecule has 14 heavy (non-hydrogen) atoms. The lowest BCUT2D eigenvalue weighted by Crippen LogP contribution is -2.44. The lowest BCUT2D eigenvalue weighted by molar-refractivity contribution is -0.137. The van der Waals surface area contributed by atoms with Crippen LogP contribution in [0.3, 0.4) is 0 Å². The van der Waals surface area contributed by atoms with Gasteiger partial charge in [0.2, 0.25) is 5.91 Å². The van der Waals surface area contributed by atoms with Crippen molar-refractivity contribution in [3.8, 4) is 0 Å². The molecule has 0 aliphatic carbocycles. The monoisotopic (exact) mass is 226 g/mol. The van der Waals surface area contributed by atoms with Crippen molar-refractivity contribution in [1.82, 2.24) is 4.72 Å². The van der Waals surface area contributed by atoms with E-state index in [0.717, 1.165) is 0 Å². The molecule has 0 aliphatic rings. The van der Waals surface area contributed by atoms with Gasteiger partial charge >= 0.3 is 16.3 Å². The molecule has 1 atom stereocenters. The average molecular weight is 226 g/mol. The quantitative estimate of drug-likeness (QED) is 0.389. The Morgan fingerprint density at radius 3 is 2.21 bits per heavy atom. The lowest BCUT2D eigenvalue weighted by atomic mass is 10.1. The molecule has 82 valence electrons. The molecule has 0 bridgehead atoms. The smallest absolute Gasteiger partial charge is 0.334 e. The lowest BCUT2D eigenvalue weighted by Gasteiger charge is -2.10. The SMILES string of the molecule is NC(=O)C(CCC(=O)O)NS(=O)(=O)O. The summed E-state index contributed by atoms with van der Waals surface area (Å²) in [6.45, 7) is 0. The summed E-state index contributed by atoms with van der Waals surface area (Å²) in [5.41, 5.74) is 4.76. The molecular weight excluding hydrogens is 216 g/mol. The van der Waals surface area contributed by atoms with E-state index in [2.05, 4.69) is 0 Å². The summed E-state index contributed by atoms with van der Waals surface area (Å²) in [6.07, 6.45) is -0.749. The third-order valence-electron chi connectivity index (χ3n) is 1.28. The highest BCUT2D eigenvalue weighted by Gasteiger charge is 2.21. The number of rotatable bonds is 6. The van der Waals surface area contributed by atoms with E-state index in [-0.39, 0.29) is 6.42 Å². The fourth-order valence-electron chi connectivity index (χ4n) is 0.707. The van der Waals surface area contributed by atoms with Gasteiger partial charge in [-0.2, -0.15) is 13.1 Å². The van der Waals surface area contributed by atoms with Crippen LogP contribution in [0.2, 0.25) is 0 Å². The van der Waals surface area contributed by atoms with Crippen molar-refractivity contribution in [3.05, 3.63) is 0 Å². The predicted octanol–water partition coefficient (Wildman–Crippen LogP) is -1.90. The maximum atomic E-state index is 10.6. The van der Waals surface area contributed by atoms with Crippen LogP contribution in [0, 0.1) is 0 Å². The third-order valence-corrected chi connectivity index (χ3v) is 1.86. The summed E-state index contributed by atoms with van der Waals surface area (Å²) in [4.78, 5) is 20.7. The Morgan fingerprint density at radius 2 is 1.93 bits per heavy atom. The molecule has 0 heterocycles. The second kappa shape index (κ2) is 4.88. The molecule has 0 aromatic carbocycles. The number of nitrogens with one attached hydrogen (secondary N) is 1. The zero-order chi connectivity index (χ0) is 11.4. The first-order chi connectivity index (χ1) is 6.22. The van der Waals surface area contributed by atoms with E-state index in [1.165, 1.54) is 4.72 Å². The van der Waals surface area contributed by atoms with E-state index in [1.54, 1.807) is 0 Å². The maximum Gasteiger partial charge on any atom is 0.334 e. The Kier molecular flexibility index (Phi) is 4.47. The van der Waals surface area contributed by atoms with Gasteiger partial charge in [-0.25, -0.2) is 0 Å². The Morgan fingerprint density at radius 1 is 1.43 bits per heavy atom. The highest BCUT2D eigenvalue weighted by molar-refractivity contribution is 7.83. The molecular formula is C5H10N2O6S. The summed E-state index contributed by atoms with van der Waals surface area (Å²) in [5.74, 6) is -2.25. The third kappa shape index (κ3) is 6.34. The van der Waals surface area contributed by atoms with Gasteiger partial charge in [0, 0.05) is 6.42 Å².